The van der Waals surface area contributed by atoms with Crippen LogP contribution in [0.25, 0.3) is 0 Å². The van der Waals surface area contributed by atoms with Crippen molar-refractivity contribution in [3.05, 3.63) is 59.2 Å². The fourth-order valence-electron chi connectivity index (χ4n) is 9.24. The van der Waals surface area contributed by atoms with Gasteiger partial charge in [-0.15, -0.1) is 0 Å². The van der Waals surface area contributed by atoms with Gasteiger partial charge < -0.3 is 29.3 Å². The van der Waals surface area contributed by atoms with E-state index in [1.807, 2.05) is 24.0 Å². The molecule has 292 valence electrons. The summed E-state index contributed by atoms with van der Waals surface area (Å²) in [7, 11) is 4.85. The molecule has 3 heterocycles. The van der Waals surface area contributed by atoms with Gasteiger partial charge in [0.1, 0.15) is 5.75 Å². The van der Waals surface area contributed by atoms with Crippen molar-refractivity contribution in [1.29, 1.82) is 0 Å². The first-order chi connectivity index (χ1) is 25.4. The van der Waals surface area contributed by atoms with E-state index in [0.717, 1.165) is 37.3 Å². The van der Waals surface area contributed by atoms with E-state index in [2.05, 4.69) is 10.2 Å². The summed E-state index contributed by atoms with van der Waals surface area (Å²) in [5.41, 5.74) is -1.14. The van der Waals surface area contributed by atoms with Crippen LogP contribution in [0.2, 0.25) is 0 Å². The van der Waals surface area contributed by atoms with Crippen LogP contribution in [0.1, 0.15) is 74.0 Å². The summed E-state index contributed by atoms with van der Waals surface area (Å²) < 4.78 is 76.7. The average Bonchev–Trinajstić information content (AvgIpc) is 3.76. The molecule has 0 radical (unpaired) electrons. The predicted molar refractivity (Wildman–Crippen MR) is 194 cm³/mol. The zero-order valence-electron chi connectivity index (χ0n) is 31.3. The number of halogens is 4. The number of likely N-dealkylation sites (tertiary alicyclic amines) is 2. The van der Waals surface area contributed by atoms with E-state index in [1.54, 1.807) is 38.4 Å². The number of benzene rings is 2. The summed E-state index contributed by atoms with van der Waals surface area (Å²) >= 11 is 0. The van der Waals surface area contributed by atoms with Gasteiger partial charge in [0.2, 0.25) is 11.6 Å². The van der Waals surface area contributed by atoms with Crippen LogP contribution >= 0.6 is 0 Å². The highest BCUT2D eigenvalue weighted by molar-refractivity contribution is 5.88. The fraction of sp³-hybridized carbons (Fsp3) is 0.650. The predicted octanol–water partition coefficient (Wildman–Crippen LogP) is 6.02. The van der Waals surface area contributed by atoms with E-state index >= 15 is 4.39 Å². The molecular weight excluding hydrogens is 692 g/mol. The second-order valence-corrected chi connectivity index (χ2v) is 15.2. The Bertz CT molecular complexity index is 1560. The summed E-state index contributed by atoms with van der Waals surface area (Å²) in [6, 6.07) is 11.2. The van der Waals surface area contributed by atoms with Crippen molar-refractivity contribution in [2.24, 2.45) is 11.8 Å². The van der Waals surface area contributed by atoms with Crippen LogP contribution in [-0.2, 0) is 25.2 Å². The minimum Gasteiger partial charge on any atom is -0.497 e. The van der Waals surface area contributed by atoms with Crippen LogP contribution in [0.5, 0.6) is 5.75 Å². The number of hydrogen-bond donors (Lipinski definition) is 1. The lowest BCUT2D eigenvalue weighted by molar-refractivity contribution is -0.143. The molecule has 13 heteroatoms. The Kier molecular flexibility index (Phi) is 12.2. The number of piperidine rings is 1. The quantitative estimate of drug-likeness (QED) is 0.282. The smallest absolute Gasteiger partial charge is 0.416 e. The van der Waals surface area contributed by atoms with Gasteiger partial charge in [-0.2, -0.15) is 13.2 Å². The monoisotopic (exact) mass is 746 g/mol. The molecule has 1 aliphatic carbocycles. The molecule has 0 unspecified atom stereocenters. The molecule has 2 aromatic rings. The number of nitrogens with zero attached hydrogens (tertiary/aromatic N) is 3. The van der Waals surface area contributed by atoms with Crippen LogP contribution in [0.15, 0.2) is 42.5 Å². The van der Waals surface area contributed by atoms with Gasteiger partial charge >= 0.3 is 6.18 Å². The molecular formula is C40H54F4N4O5. The van der Waals surface area contributed by atoms with E-state index in [4.69, 9.17) is 14.2 Å². The first-order valence-corrected chi connectivity index (χ1v) is 19.0. The molecule has 4 aliphatic rings. The first-order valence-electron chi connectivity index (χ1n) is 19.0. The zero-order chi connectivity index (χ0) is 37.9. The summed E-state index contributed by atoms with van der Waals surface area (Å²) in [6.45, 7) is 4.19. The molecule has 9 nitrogen and oxygen atoms in total. The Morgan fingerprint density at radius 1 is 0.925 bits per heavy atom. The Labute approximate surface area is 310 Å². The topological polar surface area (TPSA) is 83.6 Å². The van der Waals surface area contributed by atoms with Crippen molar-refractivity contribution in [1.82, 2.24) is 15.1 Å². The SMILES string of the molecule is CCNC(=O)C1CCN(c2cc(C(F)(F)F)ccc2[C@H]2CN(C(=O)[C@]3(F)CN(C4CCC(OC)CC4)C[C@H]3c3ccc(OC)cc3)C[C@@H]2COC)CC1. The van der Waals surface area contributed by atoms with Crippen molar-refractivity contribution < 1.29 is 41.4 Å². The maximum Gasteiger partial charge on any atom is 0.416 e. The summed E-state index contributed by atoms with van der Waals surface area (Å²) in [4.78, 5) is 32.9. The Morgan fingerprint density at radius 3 is 2.23 bits per heavy atom. The van der Waals surface area contributed by atoms with Gasteiger partial charge in [-0.1, -0.05) is 18.2 Å². The number of methoxy groups -OCH3 is 3. The van der Waals surface area contributed by atoms with Crippen LogP contribution in [0.3, 0.4) is 0 Å². The standard InChI is InChI=1S/C40H54F4N4O5/c1-5-45-37(49)27-16-18-46(19-17-27)36-20-29(40(42,43)44)8-15-33(36)34-22-47(21-28(34)24-51-2)38(50)39(41)25-48(30-9-13-32(53-4)14-10-30)23-35(39)26-6-11-31(52-3)12-7-26/h6-8,11-12,15,20,27-28,30,32,34-35H,5,9-10,13-14,16-19,21-25H2,1-4H3,(H,45,49)/t28-,30?,32?,34+,35+,39+/m1/s1. The van der Waals surface area contributed by atoms with Crippen LogP contribution in [-0.4, -0.2) is 113 Å². The Morgan fingerprint density at radius 2 is 1.62 bits per heavy atom. The molecule has 0 aromatic heterocycles. The van der Waals surface area contributed by atoms with Gasteiger partial charge in [-0.3, -0.25) is 14.5 Å². The molecule has 0 spiro atoms. The minimum absolute atomic E-state index is 0.0347. The molecule has 1 saturated carbocycles. The maximum absolute atomic E-state index is 17.9. The lowest BCUT2D eigenvalue weighted by Crippen LogP contribution is -2.50. The van der Waals surface area contributed by atoms with Gasteiger partial charge in [0, 0.05) is 95.4 Å². The van der Waals surface area contributed by atoms with Crippen molar-refractivity contribution in [2.45, 2.75) is 81.3 Å². The Balaban J connectivity index is 1.29. The number of rotatable bonds is 11. The molecule has 0 bridgehead atoms. The summed E-state index contributed by atoms with van der Waals surface area (Å²) in [5.74, 6) is -1.56. The van der Waals surface area contributed by atoms with Crippen LogP contribution < -0.4 is 15.0 Å². The summed E-state index contributed by atoms with van der Waals surface area (Å²) in [5, 5.41) is 2.86. The maximum atomic E-state index is 17.9. The highest BCUT2D eigenvalue weighted by Gasteiger charge is 2.57. The highest BCUT2D eigenvalue weighted by Crippen LogP contribution is 2.47. The van der Waals surface area contributed by atoms with Crippen molar-refractivity contribution in [3.63, 3.8) is 0 Å². The third-order valence-electron chi connectivity index (χ3n) is 12.2. The number of amides is 2. The minimum atomic E-state index is -4.55. The summed E-state index contributed by atoms with van der Waals surface area (Å²) in [6.07, 6.45) is 0.133. The lowest BCUT2D eigenvalue weighted by Gasteiger charge is -2.36. The lowest BCUT2D eigenvalue weighted by atomic mass is 9.85. The van der Waals surface area contributed by atoms with Gasteiger partial charge in [0.05, 0.1) is 25.4 Å². The number of anilines is 1. The van der Waals surface area contributed by atoms with Gasteiger partial charge in [-0.25, -0.2) is 4.39 Å². The van der Waals surface area contributed by atoms with Gasteiger partial charge in [0.15, 0.2) is 0 Å². The van der Waals surface area contributed by atoms with Gasteiger partial charge in [0.25, 0.3) is 5.91 Å². The van der Waals surface area contributed by atoms with Crippen LogP contribution in [0.4, 0.5) is 23.2 Å². The van der Waals surface area contributed by atoms with E-state index < -0.39 is 29.2 Å². The number of carbonyl (C=O) groups excluding carboxylic acids is 2. The van der Waals surface area contributed by atoms with E-state index in [-0.39, 0.29) is 62.0 Å². The van der Waals surface area contributed by atoms with Crippen molar-refractivity contribution in [3.8, 4) is 5.75 Å². The molecule has 4 atom stereocenters. The van der Waals surface area contributed by atoms with E-state index in [1.165, 1.54) is 12.1 Å². The molecule has 2 aromatic carbocycles. The second-order valence-electron chi connectivity index (χ2n) is 15.2. The number of alkyl halides is 4. The second kappa shape index (κ2) is 16.5. The number of ether oxygens (including phenoxy) is 3. The largest absolute Gasteiger partial charge is 0.497 e. The first kappa shape index (κ1) is 39.3. The number of hydrogen-bond acceptors (Lipinski definition) is 7. The van der Waals surface area contributed by atoms with E-state index in [0.29, 0.717) is 56.0 Å². The zero-order valence-corrected chi connectivity index (χ0v) is 31.3. The number of carbonyl (C=O) groups is 2. The highest BCUT2D eigenvalue weighted by atomic mass is 19.4. The number of nitrogens with one attached hydrogen (secondary N) is 1. The molecule has 1 N–H and O–H groups in total. The molecule has 3 saturated heterocycles. The van der Waals surface area contributed by atoms with Crippen molar-refractivity contribution >= 4 is 17.5 Å². The molecule has 6 rings (SSSR count). The molecule has 4 fully saturated rings. The third-order valence-corrected chi connectivity index (χ3v) is 12.2. The van der Waals surface area contributed by atoms with Gasteiger partial charge in [-0.05, 0) is 80.8 Å². The molecule has 3 aliphatic heterocycles. The van der Waals surface area contributed by atoms with Crippen molar-refractivity contribution in [2.75, 3.05) is 78.6 Å². The fourth-order valence-corrected chi connectivity index (χ4v) is 9.24. The molecule has 2 amide bonds. The molecule has 53 heavy (non-hydrogen) atoms. The average molecular weight is 747 g/mol. The van der Waals surface area contributed by atoms with Crippen LogP contribution in [0, 0.1) is 11.8 Å². The normalized spacial score (nSPS) is 28.7. The van der Waals surface area contributed by atoms with E-state index in [9.17, 15) is 22.8 Å². The Hall–Kier alpha value is -3.42. The third kappa shape index (κ3) is 8.32.